The van der Waals surface area contributed by atoms with Gasteiger partial charge in [0.1, 0.15) is 11.6 Å². The lowest BCUT2D eigenvalue weighted by molar-refractivity contribution is -0.119. The van der Waals surface area contributed by atoms with Crippen molar-refractivity contribution in [2.75, 3.05) is 6.54 Å². The van der Waals surface area contributed by atoms with E-state index in [0.29, 0.717) is 12.1 Å². The number of rotatable bonds is 8. The SMILES string of the molecule is CC(=O)NC(Cc1cc(F)cc(F)c1)C(N)CNC1(c2cccc(C(C)(C)C)c2)CCCCC1. The Bertz CT molecular complexity index is 960. The third-order valence-corrected chi connectivity index (χ3v) is 6.95. The summed E-state index contributed by atoms with van der Waals surface area (Å²) in [6, 6.07) is 11.4. The van der Waals surface area contributed by atoms with E-state index in [0.717, 1.165) is 31.7 Å². The molecular weight excluding hydrogens is 432 g/mol. The molecule has 0 spiro atoms. The van der Waals surface area contributed by atoms with Crippen molar-refractivity contribution < 1.29 is 13.6 Å². The van der Waals surface area contributed by atoms with Gasteiger partial charge < -0.3 is 16.4 Å². The summed E-state index contributed by atoms with van der Waals surface area (Å²) in [5, 5.41) is 6.65. The second-order valence-electron chi connectivity index (χ2n) is 10.8. The minimum Gasteiger partial charge on any atom is -0.352 e. The summed E-state index contributed by atoms with van der Waals surface area (Å²) in [6.07, 6.45) is 5.79. The Morgan fingerprint density at radius 1 is 1.06 bits per heavy atom. The summed E-state index contributed by atoms with van der Waals surface area (Å²) in [5.74, 6) is -1.49. The Hall–Kier alpha value is -2.31. The van der Waals surface area contributed by atoms with Gasteiger partial charge in [0.15, 0.2) is 0 Å². The number of nitrogens with two attached hydrogens (primary N) is 1. The van der Waals surface area contributed by atoms with Crippen LogP contribution in [-0.4, -0.2) is 24.5 Å². The van der Waals surface area contributed by atoms with Crippen LogP contribution in [0.1, 0.15) is 76.5 Å². The Balaban J connectivity index is 1.80. The first-order valence-electron chi connectivity index (χ1n) is 12.3. The zero-order chi connectivity index (χ0) is 24.9. The fraction of sp³-hybridized carbons (Fsp3) is 0.536. The highest BCUT2D eigenvalue weighted by atomic mass is 19.1. The third kappa shape index (κ3) is 6.86. The minimum absolute atomic E-state index is 0.0546. The first-order valence-corrected chi connectivity index (χ1v) is 12.3. The maximum absolute atomic E-state index is 13.7. The van der Waals surface area contributed by atoms with Gasteiger partial charge in [0, 0.05) is 37.2 Å². The van der Waals surface area contributed by atoms with Gasteiger partial charge in [-0.05, 0) is 53.5 Å². The average molecular weight is 472 g/mol. The van der Waals surface area contributed by atoms with E-state index in [1.54, 1.807) is 0 Å². The van der Waals surface area contributed by atoms with Crippen LogP contribution in [-0.2, 0) is 22.2 Å². The summed E-state index contributed by atoms with van der Waals surface area (Å²) in [7, 11) is 0. The van der Waals surface area contributed by atoms with E-state index in [1.165, 1.54) is 36.6 Å². The fourth-order valence-corrected chi connectivity index (χ4v) is 5.01. The number of hydrogen-bond acceptors (Lipinski definition) is 3. The molecule has 0 radical (unpaired) electrons. The molecule has 1 saturated carbocycles. The second-order valence-corrected chi connectivity index (χ2v) is 10.8. The predicted octanol–water partition coefficient (Wildman–Crippen LogP) is 5.09. The van der Waals surface area contributed by atoms with Crippen molar-refractivity contribution in [2.45, 2.75) is 89.3 Å². The maximum Gasteiger partial charge on any atom is 0.217 e. The van der Waals surface area contributed by atoms with Crippen LogP contribution in [0.15, 0.2) is 42.5 Å². The molecule has 2 unspecified atom stereocenters. The van der Waals surface area contributed by atoms with Crippen LogP contribution in [0.4, 0.5) is 8.78 Å². The smallest absolute Gasteiger partial charge is 0.217 e. The van der Waals surface area contributed by atoms with Crippen LogP contribution in [0.25, 0.3) is 0 Å². The lowest BCUT2D eigenvalue weighted by Crippen LogP contribution is -2.56. The summed E-state index contributed by atoms with van der Waals surface area (Å²) >= 11 is 0. The van der Waals surface area contributed by atoms with Gasteiger partial charge in [-0.25, -0.2) is 8.78 Å². The van der Waals surface area contributed by atoms with E-state index in [-0.39, 0.29) is 23.3 Å². The normalized spacial score (nSPS) is 17.7. The van der Waals surface area contributed by atoms with Gasteiger partial charge in [-0.15, -0.1) is 0 Å². The summed E-state index contributed by atoms with van der Waals surface area (Å²) < 4.78 is 27.4. The molecule has 2 aromatic rings. The number of amides is 1. The molecule has 186 valence electrons. The molecule has 1 aliphatic carbocycles. The van der Waals surface area contributed by atoms with E-state index in [9.17, 15) is 13.6 Å². The van der Waals surface area contributed by atoms with Crippen molar-refractivity contribution in [3.63, 3.8) is 0 Å². The van der Waals surface area contributed by atoms with Crippen LogP contribution >= 0.6 is 0 Å². The Morgan fingerprint density at radius 3 is 2.29 bits per heavy atom. The molecule has 1 aliphatic rings. The molecule has 4 nitrogen and oxygen atoms in total. The topological polar surface area (TPSA) is 67.2 Å². The van der Waals surface area contributed by atoms with Gasteiger partial charge in [0.05, 0.1) is 0 Å². The average Bonchev–Trinajstić information content (AvgIpc) is 2.76. The van der Waals surface area contributed by atoms with E-state index < -0.39 is 23.7 Å². The van der Waals surface area contributed by atoms with Gasteiger partial charge >= 0.3 is 0 Å². The highest BCUT2D eigenvalue weighted by Crippen LogP contribution is 2.38. The minimum atomic E-state index is -0.636. The predicted molar refractivity (Wildman–Crippen MR) is 134 cm³/mol. The van der Waals surface area contributed by atoms with Gasteiger partial charge in [0.25, 0.3) is 0 Å². The highest BCUT2D eigenvalue weighted by molar-refractivity contribution is 5.73. The molecule has 4 N–H and O–H groups in total. The summed E-state index contributed by atoms with van der Waals surface area (Å²) in [6.45, 7) is 8.56. The quantitative estimate of drug-likeness (QED) is 0.503. The third-order valence-electron chi connectivity index (χ3n) is 6.95. The largest absolute Gasteiger partial charge is 0.352 e. The fourth-order valence-electron chi connectivity index (χ4n) is 5.01. The van der Waals surface area contributed by atoms with E-state index >= 15 is 0 Å². The first-order chi connectivity index (χ1) is 16.0. The van der Waals surface area contributed by atoms with Crippen LogP contribution in [0.5, 0.6) is 0 Å². The molecule has 0 aromatic heterocycles. The van der Waals surface area contributed by atoms with Crippen molar-refractivity contribution in [2.24, 2.45) is 5.73 Å². The number of hydrogen-bond donors (Lipinski definition) is 3. The number of benzene rings is 2. The van der Waals surface area contributed by atoms with E-state index in [4.69, 9.17) is 5.73 Å². The van der Waals surface area contributed by atoms with E-state index in [1.807, 2.05) is 0 Å². The van der Waals surface area contributed by atoms with Crippen molar-refractivity contribution in [3.8, 4) is 0 Å². The molecular formula is C28H39F2N3O. The van der Waals surface area contributed by atoms with Crippen LogP contribution in [0.2, 0.25) is 0 Å². The van der Waals surface area contributed by atoms with Crippen LogP contribution < -0.4 is 16.4 Å². The lowest BCUT2D eigenvalue weighted by atomic mass is 9.74. The molecule has 34 heavy (non-hydrogen) atoms. The van der Waals surface area contributed by atoms with Gasteiger partial charge in [-0.1, -0.05) is 64.3 Å². The van der Waals surface area contributed by atoms with Crippen molar-refractivity contribution in [1.82, 2.24) is 10.6 Å². The number of nitrogens with one attached hydrogen (secondary N) is 2. The van der Waals surface area contributed by atoms with Crippen molar-refractivity contribution in [3.05, 3.63) is 70.8 Å². The molecule has 2 aromatic carbocycles. The second kappa shape index (κ2) is 11.0. The lowest BCUT2D eigenvalue weighted by Gasteiger charge is -2.41. The maximum atomic E-state index is 13.7. The Labute approximate surface area is 202 Å². The standard InChI is InChI=1S/C28H39F2N3O/c1-19(34)33-26(15-20-13-23(29)17-24(30)14-20)25(31)18-32-28(11-6-5-7-12-28)22-10-8-9-21(16-22)27(2,3)4/h8-10,13-14,16-17,25-26,32H,5-7,11-12,15,18,31H2,1-4H3,(H,33,34). The highest BCUT2D eigenvalue weighted by Gasteiger charge is 2.35. The van der Waals surface area contributed by atoms with Gasteiger partial charge in [0.2, 0.25) is 5.91 Å². The molecule has 0 saturated heterocycles. The Kier molecular flexibility index (Phi) is 8.47. The van der Waals surface area contributed by atoms with Gasteiger partial charge in [-0.3, -0.25) is 4.79 Å². The zero-order valence-corrected chi connectivity index (χ0v) is 20.9. The van der Waals surface area contributed by atoms with Crippen molar-refractivity contribution in [1.29, 1.82) is 0 Å². The van der Waals surface area contributed by atoms with Crippen molar-refractivity contribution >= 4 is 5.91 Å². The molecule has 2 atom stereocenters. The monoisotopic (exact) mass is 471 g/mol. The number of halogens is 2. The number of carbonyl (C=O) groups excluding carboxylic acids is 1. The molecule has 0 heterocycles. The molecule has 6 heteroatoms. The van der Waals surface area contributed by atoms with Crippen LogP contribution in [0.3, 0.4) is 0 Å². The van der Waals surface area contributed by atoms with E-state index in [2.05, 4.69) is 55.7 Å². The first kappa shape index (κ1) is 26.3. The molecule has 3 rings (SSSR count). The molecule has 1 amide bonds. The Morgan fingerprint density at radius 2 is 1.71 bits per heavy atom. The zero-order valence-electron chi connectivity index (χ0n) is 20.9. The molecule has 1 fully saturated rings. The summed E-state index contributed by atoms with van der Waals surface area (Å²) in [4.78, 5) is 11.9. The van der Waals surface area contributed by atoms with Gasteiger partial charge in [-0.2, -0.15) is 0 Å². The molecule has 0 bridgehead atoms. The van der Waals surface area contributed by atoms with Crippen LogP contribution in [0, 0.1) is 11.6 Å². The number of carbonyl (C=O) groups is 1. The summed E-state index contributed by atoms with van der Waals surface area (Å²) in [5.41, 5.74) is 9.49. The molecule has 0 aliphatic heterocycles.